The van der Waals surface area contributed by atoms with Crippen LogP contribution in [0, 0.1) is 0 Å². The standard InChI is InChI=1S/C16H20N4O4S/c1-23-12-5-2-4-11(8-12)17-14(21)10-25-16-19-18-15(22)20(16)9-13-6-3-7-24-13/h2,4-5,8,13H,3,6-7,9-10H2,1H3,(H,17,21)(H,18,22). The van der Waals surface area contributed by atoms with Gasteiger partial charge in [0.1, 0.15) is 5.75 Å². The first-order chi connectivity index (χ1) is 12.2. The van der Waals surface area contributed by atoms with E-state index in [9.17, 15) is 9.59 Å². The van der Waals surface area contributed by atoms with Gasteiger partial charge in [0.2, 0.25) is 5.91 Å². The molecule has 1 aromatic heterocycles. The topological polar surface area (TPSA) is 98.2 Å². The lowest BCUT2D eigenvalue weighted by atomic mass is 10.2. The molecule has 1 amide bonds. The molecule has 1 fully saturated rings. The number of aromatic nitrogens is 3. The zero-order valence-corrected chi connectivity index (χ0v) is 14.7. The Morgan fingerprint density at radius 1 is 1.56 bits per heavy atom. The minimum Gasteiger partial charge on any atom is -0.497 e. The van der Waals surface area contributed by atoms with Crippen LogP contribution in [-0.2, 0) is 16.1 Å². The summed E-state index contributed by atoms with van der Waals surface area (Å²) in [5, 5.41) is 9.71. The second kappa shape index (κ2) is 8.21. The summed E-state index contributed by atoms with van der Waals surface area (Å²) in [5.74, 6) is 0.632. The average Bonchev–Trinajstić information content (AvgIpc) is 3.25. The second-order valence-corrected chi connectivity index (χ2v) is 6.57. The highest BCUT2D eigenvalue weighted by Crippen LogP contribution is 2.20. The molecule has 1 saturated heterocycles. The average molecular weight is 364 g/mol. The Labute approximate surface area is 148 Å². The molecule has 1 aliphatic heterocycles. The van der Waals surface area contributed by atoms with E-state index >= 15 is 0 Å². The number of H-pyrrole nitrogens is 1. The van der Waals surface area contributed by atoms with E-state index in [-0.39, 0.29) is 23.5 Å². The molecule has 3 rings (SSSR count). The van der Waals surface area contributed by atoms with Crippen molar-refractivity contribution in [2.75, 3.05) is 24.8 Å². The molecule has 8 nitrogen and oxygen atoms in total. The van der Waals surface area contributed by atoms with E-state index in [0.717, 1.165) is 19.4 Å². The Kier molecular flexibility index (Phi) is 5.77. The van der Waals surface area contributed by atoms with Crippen molar-refractivity contribution in [1.82, 2.24) is 14.8 Å². The molecule has 25 heavy (non-hydrogen) atoms. The molecule has 1 atom stereocenters. The van der Waals surface area contributed by atoms with Gasteiger partial charge in [0.05, 0.1) is 25.5 Å². The van der Waals surface area contributed by atoms with E-state index in [4.69, 9.17) is 9.47 Å². The monoisotopic (exact) mass is 364 g/mol. The van der Waals surface area contributed by atoms with E-state index in [1.54, 1.807) is 31.4 Å². The molecule has 0 spiro atoms. The number of carbonyl (C=O) groups excluding carboxylic acids is 1. The zero-order valence-electron chi connectivity index (χ0n) is 13.9. The van der Waals surface area contributed by atoms with Gasteiger partial charge in [-0.1, -0.05) is 17.8 Å². The van der Waals surface area contributed by atoms with Crippen LogP contribution in [-0.4, -0.2) is 46.2 Å². The lowest BCUT2D eigenvalue weighted by molar-refractivity contribution is -0.113. The number of anilines is 1. The Bertz CT molecular complexity index is 782. The van der Waals surface area contributed by atoms with Gasteiger partial charge in [-0.3, -0.25) is 9.36 Å². The summed E-state index contributed by atoms with van der Waals surface area (Å²) in [7, 11) is 1.57. The predicted octanol–water partition coefficient (Wildman–Crippen LogP) is 1.49. The smallest absolute Gasteiger partial charge is 0.344 e. The first-order valence-corrected chi connectivity index (χ1v) is 8.98. The zero-order chi connectivity index (χ0) is 17.6. The Morgan fingerprint density at radius 3 is 3.20 bits per heavy atom. The minimum atomic E-state index is -0.286. The fourth-order valence-electron chi connectivity index (χ4n) is 2.59. The van der Waals surface area contributed by atoms with Crippen LogP contribution in [0.4, 0.5) is 5.69 Å². The number of thioether (sulfide) groups is 1. The Hall–Kier alpha value is -2.26. The normalized spacial score (nSPS) is 16.8. The van der Waals surface area contributed by atoms with Crippen LogP contribution in [0.5, 0.6) is 5.75 Å². The molecule has 1 aliphatic rings. The van der Waals surface area contributed by atoms with Crippen LogP contribution in [0.1, 0.15) is 12.8 Å². The van der Waals surface area contributed by atoms with E-state index in [1.165, 1.54) is 16.3 Å². The van der Waals surface area contributed by atoms with Crippen molar-refractivity contribution < 1.29 is 14.3 Å². The van der Waals surface area contributed by atoms with Gasteiger partial charge in [-0.2, -0.15) is 0 Å². The van der Waals surface area contributed by atoms with Crippen LogP contribution in [0.3, 0.4) is 0 Å². The molecular formula is C16H20N4O4S. The van der Waals surface area contributed by atoms with Gasteiger partial charge in [0, 0.05) is 18.4 Å². The quantitative estimate of drug-likeness (QED) is 0.723. The summed E-state index contributed by atoms with van der Waals surface area (Å²) in [6, 6.07) is 7.13. The summed E-state index contributed by atoms with van der Waals surface area (Å²) in [5.41, 5.74) is 0.370. The molecule has 0 bridgehead atoms. The molecule has 2 heterocycles. The minimum absolute atomic E-state index is 0.0280. The lowest BCUT2D eigenvalue weighted by Crippen LogP contribution is -2.25. The van der Waals surface area contributed by atoms with Crippen LogP contribution < -0.4 is 15.7 Å². The fourth-order valence-corrected chi connectivity index (χ4v) is 3.35. The number of benzene rings is 1. The predicted molar refractivity (Wildman–Crippen MR) is 94.2 cm³/mol. The summed E-state index contributed by atoms with van der Waals surface area (Å²) in [6.45, 7) is 1.18. The van der Waals surface area contributed by atoms with Crippen molar-refractivity contribution in [3.8, 4) is 5.75 Å². The number of methoxy groups -OCH3 is 1. The maximum absolute atomic E-state index is 12.1. The molecule has 1 unspecified atom stereocenters. The number of amides is 1. The number of rotatable bonds is 7. The molecule has 1 aromatic carbocycles. The second-order valence-electron chi connectivity index (χ2n) is 5.63. The van der Waals surface area contributed by atoms with Crippen LogP contribution >= 0.6 is 11.8 Å². The number of hydrogen-bond donors (Lipinski definition) is 2. The van der Waals surface area contributed by atoms with Gasteiger partial charge < -0.3 is 14.8 Å². The van der Waals surface area contributed by atoms with Gasteiger partial charge in [-0.15, -0.1) is 5.10 Å². The third kappa shape index (κ3) is 4.64. The first kappa shape index (κ1) is 17.6. The summed E-state index contributed by atoms with van der Waals surface area (Å²) in [6.07, 6.45) is 1.96. The Morgan fingerprint density at radius 2 is 2.44 bits per heavy atom. The number of aromatic amines is 1. The van der Waals surface area contributed by atoms with Gasteiger partial charge in [-0.25, -0.2) is 9.89 Å². The van der Waals surface area contributed by atoms with Crippen molar-refractivity contribution in [2.24, 2.45) is 0 Å². The van der Waals surface area contributed by atoms with Crippen molar-refractivity contribution >= 4 is 23.4 Å². The SMILES string of the molecule is COc1cccc(NC(=O)CSc2n[nH]c(=O)n2CC2CCCO2)c1. The van der Waals surface area contributed by atoms with Crippen molar-refractivity contribution in [3.63, 3.8) is 0 Å². The lowest BCUT2D eigenvalue weighted by Gasteiger charge is -2.11. The first-order valence-electron chi connectivity index (χ1n) is 7.99. The molecule has 9 heteroatoms. The van der Waals surface area contributed by atoms with E-state index in [2.05, 4.69) is 15.5 Å². The van der Waals surface area contributed by atoms with Crippen LogP contribution in [0.25, 0.3) is 0 Å². The number of nitrogens with zero attached hydrogens (tertiary/aromatic N) is 2. The molecule has 2 N–H and O–H groups in total. The third-order valence-electron chi connectivity index (χ3n) is 3.82. The highest BCUT2D eigenvalue weighted by molar-refractivity contribution is 7.99. The number of nitrogens with one attached hydrogen (secondary N) is 2. The van der Waals surface area contributed by atoms with Crippen molar-refractivity contribution in [1.29, 1.82) is 0 Å². The van der Waals surface area contributed by atoms with E-state index < -0.39 is 0 Å². The van der Waals surface area contributed by atoms with Crippen LogP contribution in [0.15, 0.2) is 34.2 Å². The van der Waals surface area contributed by atoms with E-state index in [1.807, 2.05) is 0 Å². The summed E-state index contributed by atoms with van der Waals surface area (Å²) >= 11 is 1.21. The van der Waals surface area contributed by atoms with Gasteiger partial charge in [0.25, 0.3) is 0 Å². The summed E-state index contributed by atoms with van der Waals surface area (Å²) < 4.78 is 12.2. The maximum atomic E-state index is 12.1. The van der Waals surface area contributed by atoms with Gasteiger partial charge >= 0.3 is 5.69 Å². The maximum Gasteiger partial charge on any atom is 0.344 e. The van der Waals surface area contributed by atoms with E-state index in [0.29, 0.717) is 23.1 Å². The highest BCUT2D eigenvalue weighted by Gasteiger charge is 2.20. The molecule has 134 valence electrons. The summed E-state index contributed by atoms with van der Waals surface area (Å²) in [4.78, 5) is 24.0. The van der Waals surface area contributed by atoms with Gasteiger partial charge in [-0.05, 0) is 25.0 Å². The molecule has 2 aromatic rings. The molecular weight excluding hydrogens is 344 g/mol. The Balaban J connectivity index is 1.57. The van der Waals surface area contributed by atoms with Crippen molar-refractivity contribution in [2.45, 2.75) is 30.6 Å². The molecule has 0 radical (unpaired) electrons. The molecule has 0 saturated carbocycles. The highest BCUT2D eigenvalue weighted by atomic mass is 32.2. The number of hydrogen-bond acceptors (Lipinski definition) is 6. The number of carbonyl (C=O) groups is 1. The number of ether oxygens (including phenoxy) is 2. The van der Waals surface area contributed by atoms with Crippen molar-refractivity contribution in [3.05, 3.63) is 34.7 Å². The van der Waals surface area contributed by atoms with Gasteiger partial charge in [0.15, 0.2) is 5.16 Å². The van der Waals surface area contributed by atoms with Crippen LogP contribution in [0.2, 0.25) is 0 Å². The molecule has 0 aliphatic carbocycles. The fraction of sp³-hybridized carbons (Fsp3) is 0.438. The largest absolute Gasteiger partial charge is 0.497 e. The third-order valence-corrected chi connectivity index (χ3v) is 4.80.